The summed E-state index contributed by atoms with van der Waals surface area (Å²) in [6.07, 6.45) is -0.523. The van der Waals surface area contributed by atoms with Gasteiger partial charge in [0.15, 0.2) is 0 Å². The lowest BCUT2D eigenvalue weighted by molar-refractivity contribution is -0.119. The molecule has 0 bridgehead atoms. The van der Waals surface area contributed by atoms with Crippen LogP contribution in [0.1, 0.15) is 34.0 Å². The second-order valence-corrected chi connectivity index (χ2v) is 7.98. The van der Waals surface area contributed by atoms with Gasteiger partial charge in [0.05, 0.1) is 35.4 Å². The molecule has 2 aromatic rings. The van der Waals surface area contributed by atoms with Crippen molar-refractivity contribution in [3.05, 3.63) is 69.7 Å². The number of carbonyl (C=O) groups is 2. The van der Waals surface area contributed by atoms with Gasteiger partial charge in [-0.05, 0) is 23.8 Å². The van der Waals surface area contributed by atoms with Crippen molar-refractivity contribution >= 4 is 29.1 Å². The molecular formula is C22H21ClF2N4O3. The fourth-order valence-corrected chi connectivity index (χ4v) is 3.91. The average Bonchev–Trinajstić information content (AvgIpc) is 3.07. The lowest BCUT2D eigenvalue weighted by Crippen LogP contribution is -2.37. The number of hydrogen-bond acceptors (Lipinski definition) is 5. The van der Waals surface area contributed by atoms with Crippen LogP contribution in [0, 0.1) is 17.6 Å². The first-order valence-electron chi connectivity index (χ1n) is 10.1. The first kappa shape index (κ1) is 22.3. The molecule has 32 heavy (non-hydrogen) atoms. The molecule has 0 spiro atoms. The van der Waals surface area contributed by atoms with E-state index in [1.54, 1.807) is 6.07 Å². The van der Waals surface area contributed by atoms with E-state index in [9.17, 15) is 18.4 Å². The molecule has 2 aromatic carbocycles. The summed E-state index contributed by atoms with van der Waals surface area (Å²) in [5.41, 5.74) is 3.08. The molecule has 10 heteroatoms. The van der Waals surface area contributed by atoms with Crippen molar-refractivity contribution < 1.29 is 23.1 Å². The van der Waals surface area contributed by atoms with Crippen LogP contribution in [0.2, 0.25) is 5.02 Å². The zero-order valence-electron chi connectivity index (χ0n) is 17.0. The van der Waals surface area contributed by atoms with Crippen LogP contribution >= 0.6 is 11.6 Å². The molecule has 2 aliphatic heterocycles. The van der Waals surface area contributed by atoms with Gasteiger partial charge in [0.1, 0.15) is 11.6 Å². The standard InChI is InChI=1S/C22H21ClF2N4O3/c23-16-5-4-12(8-17(16)24)21-13(10-26-6-7-32-21)11-27-22(31)15-3-1-2-14(20(15)25)18-9-19(30)29-28-18/h1-5,8,13,21,26H,6-7,9-11H2,(H,27,31)(H,29,30)/t13-,21-/m0/s1. The monoisotopic (exact) mass is 462 g/mol. The number of ether oxygens (including phenoxy) is 1. The highest BCUT2D eigenvalue weighted by Crippen LogP contribution is 2.29. The Hall–Kier alpha value is -2.88. The number of amides is 2. The van der Waals surface area contributed by atoms with Crippen LogP contribution in [0.5, 0.6) is 0 Å². The molecule has 0 unspecified atom stereocenters. The van der Waals surface area contributed by atoms with E-state index >= 15 is 0 Å². The molecule has 7 nitrogen and oxygen atoms in total. The third-order valence-electron chi connectivity index (χ3n) is 5.41. The molecule has 2 amide bonds. The van der Waals surface area contributed by atoms with Gasteiger partial charge in [-0.3, -0.25) is 9.59 Å². The van der Waals surface area contributed by atoms with E-state index < -0.39 is 23.6 Å². The Balaban J connectivity index is 1.49. The zero-order chi connectivity index (χ0) is 22.7. The summed E-state index contributed by atoms with van der Waals surface area (Å²) in [5.74, 6) is -2.46. The molecule has 0 aromatic heterocycles. The number of hydrazone groups is 1. The van der Waals surface area contributed by atoms with Crippen LogP contribution in [0.15, 0.2) is 41.5 Å². The fraction of sp³-hybridized carbons (Fsp3) is 0.318. The third kappa shape index (κ3) is 4.79. The van der Waals surface area contributed by atoms with Crippen LogP contribution in [0.4, 0.5) is 8.78 Å². The van der Waals surface area contributed by atoms with Crippen LogP contribution in [-0.2, 0) is 9.53 Å². The number of carbonyl (C=O) groups excluding carboxylic acids is 2. The Morgan fingerprint density at radius 3 is 2.88 bits per heavy atom. The van der Waals surface area contributed by atoms with Gasteiger partial charge in [0.2, 0.25) is 5.91 Å². The van der Waals surface area contributed by atoms with E-state index in [1.165, 1.54) is 30.3 Å². The molecule has 2 atom stereocenters. The van der Waals surface area contributed by atoms with E-state index in [1.807, 2.05) is 0 Å². The second kappa shape index (κ2) is 9.72. The number of nitrogens with zero attached hydrogens (tertiary/aromatic N) is 1. The quantitative estimate of drug-likeness (QED) is 0.637. The number of halogens is 3. The van der Waals surface area contributed by atoms with Crippen molar-refractivity contribution in [1.29, 1.82) is 0 Å². The summed E-state index contributed by atoms with van der Waals surface area (Å²) in [7, 11) is 0. The molecule has 168 valence electrons. The van der Waals surface area contributed by atoms with E-state index in [0.717, 1.165) is 0 Å². The molecule has 2 heterocycles. The maximum absolute atomic E-state index is 15.0. The van der Waals surface area contributed by atoms with Gasteiger partial charge in [0, 0.05) is 31.1 Å². The van der Waals surface area contributed by atoms with Gasteiger partial charge in [-0.25, -0.2) is 14.2 Å². The predicted octanol–water partition coefficient (Wildman–Crippen LogP) is 2.55. The van der Waals surface area contributed by atoms with E-state index in [4.69, 9.17) is 16.3 Å². The largest absolute Gasteiger partial charge is 0.372 e. The van der Waals surface area contributed by atoms with E-state index in [-0.39, 0.29) is 46.7 Å². The summed E-state index contributed by atoms with van der Waals surface area (Å²) in [6, 6.07) is 8.86. The summed E-state index contributed by atoms with van der Waals surface area (Å²) in [4.78, 5) is 24.1. The minimum atomic E-state index is -0.744. The minimum absolute atomic E-state index is 0.0180. The lowest BCUT2D eigenvalue weighted by atomic mass is 9.95. The predicted molar refractivity (Wildman–Crippen MR) is 114 cm³/mol. The highest BCUT2D eigenvalue weighted by molar-refractivity contribution is 6.30. The first-order valence-corrected chi connectivity index (χ1v) is 10.5. The maximum atomic E-state index is 15.0. The zero-order valence-corrected chi connectivity index (χ0v) is 17.7. The molecule has 0 aliphatic carbocycles. The Morgan fingerprint density at radius 1 is 1.28 bits per heavy atom. The first-order chi connectivity index (χ1) is 15.4. The number of hydrogen-bond donors (Lipinski definition) is 3. The average molecular weight is 463 g/mol. The molecule has 0 saturated carbocycles. The summed E-state index contributed by atoms with van der Waals surface area (Å²) in [6.45, 7) is 1.72. The molecular weight excluding hydrogens is 442 g/mol. The van der Waals surface area contributed by atoms with Gasteiger partial charge >= 0.3 is 0 Å². The summed E-state index contributed by atoms with van der Waals surface area (Å²) in [5, 5.41) is 9.81. The highest BCUT2D eigenvalue weighted by Gasteiger charge is 2.28. The van der Waals surface area contributed by atoms with Crippen molar-refractivity contribution in [1.82, 2.24) is 16.1 Å². The topological polar surface area (TPSA) is 91.8 Å². The Labute approximate surface area is 188 Å². The van der Waals surface area contributed by atoms with Crippen molar-refractivity contribution in [2.75, 3.05) is 26.2 Å². The minimum Gasteiger partial charge on any atom is -0.372 e. The van der Waals surface area contributed by atoms with Gasteiger partial charge < -0.3 is 15.4 Å². The van der Waals surface area contributed by atoms with Crippen LogP contribution < -0.4 is 16.1 Å². The SMILES string of the molecule is O=C1CC(c2cccc(C(=O)NC[C@@H]3CNCCO[C@H]3c3ccc(Cl)c(F)c3)c2F)=NN1. The molecule has 3 N–H and O–H groups in total. The third-order valence-corrected chi connectivity index (χ3v) is 5.71. The van der Waals surface area contributed by atoms with Gasteiger partial charge in [-0.1, -0.05) is 29.8 Å². The highest BCUT2D eigenvalue weighted by atomic mass is 35.5. The van der Waals surface area contributed by atoms with E-state index in [2.05, 4.69) is 21.2 Å². The molecule has 1 fully saturated rings. The van der Waals surface area contributed by atoms with Crippen molar-refractivity contribution in [2.24, 2.45) is 11.0 Å². The second-order valence-electron chi connectivity index (χ2n) is 7.58. The Bertz CT molecular complexity index is 1080. The lowest BCUT2D eigenvalue weighted by Gasteiger charge is -2.25. The smallest absolute Gasteiger partial charge is 0.254 e. The molecule has 4 rings (SSSR count). The van der Waals surface area contributed by atoms with Crippen LogP contribution in [0.25, 0.3) is 0 Å². The van der Waals surface area contributed by atoms with Gasteiger partial charge in [0.25, 0.3) is 5.91 Å². The van der Waals surface area contributed by atoms with Crippen LogP contribution in [-0.4, -0.2) is 43.8 Å². The van der Waals surface area contributed by atoms with Crippen molar-refractivity contribution in [3.8, 4) is 0 Å². The molecule has 2 aliphatic rings. The fourth-order valence-electron chi connectivity index (χ4n) is 3.79. The number of rotatable bonds is 5. The van der Waals surface area contributed by atoms with Crippen LogP contribution in [0.3, 0.4) is 0 Å². The number of nitrogens with one attached hydrogen (secondary N) is 3. The van der Waals surface area contributed by atoms with Crippen molar-refractivity contribution in [2.45, 2.75) is 12.5 Å². The maximum Gasteiger partial charge on any atom is 0.254 e. The van der Waals surface area contributed by atoms with Crippen molar-refractivity contribution in [3.63, 3.8) is 0 Å². The number of benzene rings is 2. The van der Waals surface area contributed by atoms with E-state index in [0.29, 0.717) is 25.3 Å². The molecule has 0 radical (unpaired) electrons. The van der Waals surface area contributed by atoms with Gasteiger partial charge in [-0.15, -0.1) is 0 Å². The van der Waals surface area contributed by atoms with Gasteiger partial charge in [-0.2, -0.15) is 5.10 Å². The Kier molecular flexibility index (Phi) is 6.78. The summed E-state index contributed by atoms with van der Waals surface area (Å²) < 4.78 is 34.9. The normalized spacial score (nSPS) is 21.0. The summed E-state index contributed by atoms with van der Waals surface area (Å²) >= 11 is 5.79. The molecule has 1 saturated heterocycles. The Morgan fingerprint density at radius 2 is 2.12 bits per heavy atom.